The van der Waals surface area contributed by atoms with Crippen LogP contribution in [0.1, 0.15) is 35.8 Å². The van der Waals surface area contributed by atoms with E-state index in [1.807, 2.05) is 0 Å². The first kappa shape index (κ1) is 21.6. The standard InChI is InChI=1S/C22H21ClF3NO2/c1-13-2-3-17(12-19(13)29-22(24,25)26)14-4-6-16(7-5-14)21(28)20(27)15-8-10-18(23)11-9-15/h2-13,19-21,28H,27H2,1H3. The quantitative estimate of drug-likeness (QED) is 0.661. The summed E-state index contributed by atoms with van der Waals surface area (Å²) in [4.78, 5) is 0. The maximum Gasteiger partial charge on any atom is 0.523 e. The van der Waals surface area contributed by atoms with Gasteiger partial charge in [-0.25, -0.2) is 0 Å². The van der Waals surface area contributed by atoms with E-state index in [0.717, 1.165) is 11.1 Å². The van der Waals surface area contributed by atoms with Gasteiger partial charge in [0.1, 0.15) is 0 Å². The van der Waals surface area contributed by atoms with E-state index in [1.54, 1.807) is 67.6 Å². The number of halogens is 4. The minimum atomic E-state index is -4.70. The molecule has 2 aromatic rings. The topological polar surface area (TPSA) is 55.5 Å². The molecule has 3 rings (SSSR count). The third-order valence-electron chi connectivity index (χ3n) is 4.89. The third kappa shape index (κ3) is 5.48. The molecule has 0 saturated heterocycles. The lowest BCUT2D eigenvalue weighted by Gasteiger charge is -2.25. The molecule has 154 valence electrons. The highest BCUT2D eigenvalue weighted by molar-refractivity contribution is 6.30. The fourth-order valence-electron chi connectivity index (χ4n) is 3.18. The van der Waals surface area contributed by atoms with Crippen LogP contribution < -0.4 is 5.73 Å². The summed E-state index contributed by atoms with van der Waals surface area (Å²) >= 11 is 5.87. The summed E-state index contributed by atoms with van der Waals surface area (Å²) in [6.07, 6.45) is -1.81. The average Bonchev–Trinajstić information content (AvgIpc) is 2.68. The molecule has 2 aromatic carbocycles. The Kier molecular flexibility index (Phi) is 6.49. The molecule has 3 nitrogen and oxygen atoms in total. The van der Waals surface area contributed by atoms with Crippen LogP contribution in [-0.4, -0.2) is 17.6 Å². The summed E-state index contributed by atoms with van der Waals surface area (Å²) < 4.78 is 42.0. The van der Waals surface area contributed by atoms with Crippen molar-refractivity contribution in [3.05, 3.63) is 88.5 Å². The predicted octanol–water partition coefficient (Wildman–Crippen LogP) is 5.57. The minimum absolute atomic E-state index is 0.390. The number of hydrogen-bond donors (Lipinski definition) is 2. The Balaban J connectivity index is 1.76. The van der Waals surface area contributed by atoms with Gasteiger partial charge in [0.25, 0.3) is 0 Å². The Bertz CT molecular complexity index is 892. The number of hydrogen-bond acceptors (Lipinski definition) is 3. The Morgan fingerprint density at radius 1 is 1.03 bits per heavy atom. The molecule has 1 aliphatic rings. The lowest BCUT2D eigenvalue weighted by atomic mass is 9.90. The van der Waals surface area contributed by atoms with Crippen LogP contribution in [0, 0.1) is 5.92 Å². The largest absolute Gasteiger partial charge is 0.523 e. The molecular formula is C22H21ClF3NO2. The SMILES string of the molecule is CC1C=CC(c2ccc(C(O)C(N)c3ccc(Cl)cc3)cc2)=CC1OC(F)(F)F. The lowest BCUT2D eigenvalue weighted by molar-refractivity contribution is -0.339. The van der Waals surface area contributed by atoms with Crippen LogP contribution in [0.4, 0.5) is 13.2 Å². The molecule has 29 heavy (non-hydrogen) atoms. The summed E-state index contributed by atoms with van der Waals surface area (Å²) in [5, 5.41) is 11.2. The van der Waals surface area contributed by atoms with Gasteiger partial charge < -0.3 is 10.8 Å². The van der Waals surface area contributed by atoms with Crippen LogP contribution in [0.25, 0.3) is 5.57 Å². The second kappa shape index (κ2) is 8.71. The van der Waals surface area contributed by atoms with Crippen LogP contribution in [0.15, 0.2) is 66.8 Å². The molecule has 3 N–H and O–H groups in total. The molecule has 7 heteroatoms. The van der Waals surface area contributed by atoms with E-state index in [9.17, 15) is 18.3 Å². The zero-order chi connectivity index (χ0) is 21.2. The molecular weight excluding hydrogens is 403 g/mol. The highest BCUT2D eigenvalue weighted by Gasteiger charge is 2.35. The minimum Gasteiger partial charge on any atom is -0.386 e. The van der Waals surface area contributed by atoms with Crippen LogP contribution in [0.5, 0.6) is 0 Å². The molecule has 0 amide bonds. The van der Waals surface area contributed by atoms with Crippen LogP contribution in [-0.2, 0) is 4.74 Å². The van der Waals surface area contributed by atoms with E-state index >= 15 is 0 Å². The molecule has 0 spiro atoms. The second-order valence-electron chi connectivity index (χ2n) is 7.01. The zero-order valence-corrected chi connectivity index (χ0v) is 16.4. The van der Waals surface area contributed by atoms with Gasteiger partial charge in [-0.3, -0.25) is 4.74 Å². The fourth-order valence-corrected chi connectivity index (χ4v) is 3.31. The van der Waals surface area contributed by atoms with Crippen molar-refractivity contribution in [2.75, 3.05) is 0 Å². The summed E-state index contributed by atoms with van der Waals surface area (Å²) in [7, 11) is 0. The number of ether oxygens (including phenoxy) is 1. The summed E-state index contributed by atoms with van der Waals surface area (Å²) in [5.74, 6) is -0.390. The van der Waals surface area contributed by atoms with Gasteiger partial charge in [-0.05, 0) is 40.5 Å². The molecule has 4 unspecified atom stereocenters. The van der Waals surface area contributed by atoms with Crippen molar-refractivity contribution in [2.45, 2.75) is 31.5 Å². The maximum absolute atomic E-state index is 12.6. The number of alkyl halides is 3. The molecule has 4 atom stereocenters. The molecule has 0 fully saturated rings. The predicted molar refractivity (Wildman–Crippen MR) is 107 cm³/mol. The highest BCUT2D eigenvalue weighted by atomic mass is 35.5. The van der Waals surface area contributed by atoms with Gasteiger partial charge in [0.2, 0.25) is 0 Å². The number of aliphatic hydroxyl groups is 1. The first-order valence-electron chi connectivity index (χ1n) is 9.08. The number of benzene rings is 2. The number of rotatable bonds is 5. The Labute approximate surface area is 172 Å². The third-order valence-corrected chi connectivity index (χ3v) is 5.14. The van der Waals surface area contributed by atoms with Crippen LogP contribution in [0.2, 0.25) is 5.02 Å². The van der Waals surface area contributed by atoms with Gasteiger partial charge in [0, 0.05) is 10.9 Å². The van der Waals surface area contributed by atoms with E-state index in [-0.39, 0.29) is 5.92 Å². The van der Waals surface area contributed by atoms with Crippen molar-refractivity contribution >= 4 is 17.2 Å². The second-order valence-corrected chi connectivity index (χ2v) is 7.45. The molecule has 0 aromatic heterocycles. The monoisotopic (exact) mass is 423 g/mol. The van der Waals surface area contributed by atoms with Gasteiger partial charge in [-0.1, -0.05) is 67.1 Å². The van der Waals surface area contributed by atoms with Crippen molar-refractivity contribution in [2.24, 2.45) is 11.7 Å². The van der Waals surface area contributed by atoms with E-state index in [0.29, 0.717) is 16.2 Å². The average molecular weight is 424 g/mol. The number of aliphatic hydroxyl groups excluding tert-OH is 1. The first-order chi connectivity index (χ1) is 13.6. The molecule has 0 radical (unpaired) electrons. The number of allylic oxidation sites excluding steroid dienone is 2. The highest BCUT2D eigenvalue weighted by Crippen LogP contribution is 2.32. The molecule has 0 heterocycles. The van der Waals surface area contributed by atoms with Gasteiger partial charge in [0.05, 0.1) is 18.2 Å². The van der Waals surface area contributed by atoms with Gasteiger partial charge >= 0.3 is 6.36 Å². The zero-order valence-electron chi connectivity index (χ0n) is 15.6. The normalized spacial score (nSPS) is 21.6. The van der Waals surface area contributed by atoms with Crippen molar-refractivity contribution < 1.29 is 23.0 Å². The molecule has 1 aliphatic carbocycles. The molecule has 0 aliphatic heterocycles. The van der Waals surface area contributed by atoms with Crippen LogP contribution in [0.3, 0.4) is 0 Å². The summed E-state index contributed by atoms with van der Waals surface area (Å²) in [6, 6.07) is 13.2. The van der Waals surface area contributed by atoms with Crippen molar-refractivity contribution in [3.63, 3.8) is 0 Å². The van der Waals surface area contributed by atoms with E-state index in [2.05, 4.69) is 4.74 Å². The summed E-state index contributed by atoms with van der Waals surface area (Å²) in [5.41, 5.74) is 8.85. The van der Waals surface area contributed by atoms with Crippen molar-refractivity contribution in [1.82, 2.24) is 0 Å². The smallest absolute Gasteiger partial charge is 0.386 e. The lowest BCUT2D eigenvalue weighted by Crippen LogP contribution is -2.28. The number of nitrogens with two attached hydrogens (primary N) is 1. The van der Waals surface area contributed by atoms with Crippen molar-refractivity contribution in [1.29, 1.82) is 0 Å². The first-order valence-corrected chi connectivity index (χ1v) is 9.46. The Morgan fingerprint density at radius 2 is 1.62 bits per heavy atom. The van der Waals surface area contributed by atoms with Crippen LogP contribution >= 0.6 is 11.6 Å². The van der Waals surface area contributed by atoms with Gasteiger partial charge in [0.15, 0.2) is 0 Å². The molecule has 0 saturated carbocycles. The molecule has 0 bridgehead atoms. The van der Waals surface area contributed by atoms with E-state index in [1.165, 1.54) is 6.08 Å². The maximum atomic E-state index is 12.6. The fraction of sp³-hybridized carbons (Fsp3) is 0.273. The Morgan fingerprint density at radius 3 is 2.21 bits per heavy atom. The van der Waals surface area contributed by atoms with E-state index < -0.39 is 24.6 Å². The van der Waals surface area contributed by atoms with Gasteiger partial charge in [-0.15, -0.1) is 13.2 Å². The summed E-state index contributed by atoms with van der Waals surface area (Å²) in [6.45, 7) is 1.66. The van der Waals surface area contributed by atoms with Crippen molar-refractivity contribution in [3.8, 4) is 0 Å². The van der Waals surface area contributed by atoms with E-state index in [4.69, 9.17) is 17.3 Å². The Hall–Kier alpha value is -2.12. The van der Waals surface area contributed by atoms with Gasteiger partial charge in [-0.2, -0.15) is 0 Å².